The molecule has 1 amide bonds. The van der Waals surface area contributed by atoms with Crippen LogP contribution < -0.4 is 0 Å². The van der Waals surface area contributed by atoms with Gasteiger partial charge in [0.1, 0.15) is 0 Å². The van der Waals surface area contributed by atoms with Crippen LogP contribution in [-0.2, 0) is 14.2 Å². The van der Waals surface area contributed by atoms with E-state index in [0.29, 0.717) is 19.8 Å². The second-order valence-corrected chi connectivity index (χ2v) is 4.66. The number of rotatable bonds is 8. The molecule has 1 fully saturated rings. The lowest BCUT2D eigenvalue weighted by molar-refractivity contribution is -0.142. The predicted octanol–water partition coefficient (Wildman–Crippen LogP) is 1.55. The molecule has 118 valence electrons. The number of hydrogen-bond acceptors (Lipinski definition) is 5. The van der Waals surface area contributed by atoms with Crippen molar-refractivity contribution < 1.29 is 19.0 Å². The van der Waals surface area contributed by atoms with E-state index in [9.17, 15) is 4.79 Å². The Balaban J connectivity index is 2.22. The summed E-state index contributed by atoms with van der Waals surface area (Å²) in [7, 11) is 0. The molecule has 1 saturated heterocycles. The van der Waals surface area contributed by atoms with Crippen LogP contribution in [0.1, 0.15) is 27.2 Å². The van der Waals surface area contributed by atoms with E-state index in [1.807, 2.05) is 20.8 Å². The fourth-order valence-electron chi connectivity index (χ4n) is 2.24. The van der Waals surface area contributed by atoms with Gasteiger partial charge in [0.2, 0.25) is 0 Å². The minimum Gasteiger partial charge on any atom is -0.450 e. The molecule has 0 N–H and O–H groups in total. The van der Waals surface area contributed by atoms with Gasteiger partial charge >= 0.3 is 6.09 Å². The van der Waals surface area contributed by atoms with Gasteiger partial charge in [0.15, 0.2) is 6.29 Å². The third-order valence-corrected chi connectivity index (χ3v) is 3.28. The van der Waals surface area contributed by atoms with Gasteiger partial charge in [-0.3, -0.25) is 4.90 Å². The summed E-state index contributed by atoms with van der Waals surface area (Å²) in [6.07, 6.45) is 0.544. The number of carbonyl (C=O) groups is 1. The summed E-state index contributed by atoms with van der Waals surface area (Å²) < 4.78 is 16.1. The molecule has 0 aromatic rings. The van der Waals surface area contributed by atoms with Gasteiger partial charge in [0.05, 0.1) is 6.61 Å². The normalized spacial score (nSPS) is 16.7. The van der Waals surface area contributed by atoms with Gasteiger partial charge in [0, 0.05) is 52.4 Å². The Morgan fingerprint density at radius 1 is 1.00 bits per heavy atom. The number of carbonyl (C=O) groups excluding carboxylic acids is 1. The van der Waals surface area contributed by atoms with Crippen molar-refractivity contribution in [3.05, 3.63) is 0 Å². The molecule has 1 aliphatic rings. The smallest absolute Gasteiger partial charge is 0.409 e. The van der Waals surface area contributed by atoms with Gasteiger partial charge in [-0.2, -0.15) is 0 Å². The Kier molecular flexibility index (Phi) is 8.57. The molecule has 0 aromatic carbocycles. The van der Waals surface area contributed by atoms with Crippen molar-refractivity contribution in [2.75, 3.05) is 52.5 Å². The molecule has 0 saturated carbocycles. The van der Waals surface area contributed by atoms with E-state index in [4.69, 9.17) is 14.2 Å². The summed E-state index contributed by atoms with van der Waals surface area (Å²) in [4.78, 5) is 15.7. The van der Waals surface area contributed by atoms with Crippen molar-refractivity contribution in [3.8, 4) is 0 Å². The third kappa shape index (κ3) is 6.07. The average Bonchev–Trinajstić information content (AvgIpc) is 2.46. The molecule has 0 aliphatic carbocycles. The zero-order valence-corrected chi connectivity index (χ0v) is 13.0. The second kappa shape index (κ2) is 9.96. The van der Waals surface area contributed by atoms with Crippen molar-refractivity contribution >= 4 is 6.09 Å². The van der Waals surface area contributed by atoms with Crippen LogP contribution in [0.2, 0.25) is 0 Å². The molecule has 0 radical (unpaired) electrons. The zero-order valence-electron chi connectivity index (χ0n) is 13.0. The Morgan fingerprint density at radius 3 is 2.10 bits per heavy atom. The van der Waals surface area contributed by atoms with Crippen LogP contribution >= 0.6 is 0 Å². The highest BCUT2D eigenvalue weighted by atomic mass is 16.7. The minimum absolute atomic E-state index is 0.118. The highest BCUT2D eigenvalue weighted by Crippen LogP contribution is 2.07. The standard InChI is InChI=1S/C14H28N2O4/c1-4-18-13(19-5-2)7-8-15-9-11-16(12-10-15)14(17)20-6-3/h13H,4-12H2,1-3H3. The van der Waals surface area contributed by atoms with Crippen LogP contribution in [0.5, 0.6) is 0 Å². The van der Waals surface area contributed by atoms with E-state index in [1.165, 1.54) is 0 Å². The minimum atomic E-state index is -0.200. The first-order valence-electron chi connectivity index (χ1n) is 7.58. The van der Waals surface area contributed by atoms with Crippen molar-refractivity contribution in [1.82, 2.24) is 9.80 Å². The van der Waals surface area contributed by atoms with Gasteiger partial charge < -0.3 is 19.1 Å². The van der Waals surface area contributed by atoms with Crippen LogP contribution in [0.4, 0.5) is 4.79 Å². The molecule has 1 heterocycles. The van der Waals surface area contributed by atoms with E-state index in [2.05, 4.69) is 4.90 Å². The van der Waals surface area contributed by atoms with E-state index in [0.717, 1.165) is 39.1 Å². The number of piperazine rings is 1. The maximum absolute atomic E-state index is 11.6. The van der Waals surface area contributed by atoms with Crippen molar-refractivity contribution in [1.29, 1.82) is 0 Å². The topological polar surface area (TPSA) is 51.2 Å². The lowest BCUT2D eigenvalue weighted by Crippen LogP contribution is -2.49. The molecule has 1 aliphatic heterocycles. The molecular weight excluding hydrogens is 260 g/mol. The predicted molar refractivity (Wildman–Crippen MR) is 76.7 cm³/mol. The monoisotopic (exact) mass is 288 g/mol. The Morgan fingerprint density at radius 2 is 1.60 bits per heavy atom. The van der Waals surface area contributed by atoms with Gasteiger partial charge in [0.25, 0.3) is 0 Å². The summed E-state index contributed by atoms with van der Waals surface area (Å²) in [5, 5.41) is 0. The van der Waals surface area contributed by atoms with Crippen molar-refractivity contribution in [3.63, 3.8) is 0 Å². The van der Waals surface area contributed by atoms with Gasteiger partial charge in [-0.25, -0.2) is 4.79 Å². The van der Waals surface area contributed by atoms with Crippen LogP contribution in [0.3, 0.4) is 0 Å². The summed E-state index contributed by atoms with van der Waals surface area (Å²) in [6, 6.07) is 0. The summed E-state index contributed by atoms with van der Waals surface area (Å²) in [5.74, 6) is 0. The lowest BCUT2D eigenvalue weighted by atomic mass is 10.3. The van der Waals surface area contributed by atoms with E-state index in [1.54, 1.807) is 4.90 Å². The van der Waals surface area contributed by atoms with Crippen LogP contribution in [-0.4, -0.2) is 74.7 Å². The van der Waals surface area contributed by atoms with Gasteiger partial charge in [-0.05, 0) is 20.8 Å². The Labute approximate surface area is 121 Å². The number of nitrogens with zero attached hydrogens (tertiary/aromatic N) is 2. The molecule has 6 heteroatoms. The summed E-state index contributed by atoms with van der Waals surface area (Å²) in [5.41, 5.74) is 0. The molecule has 0 atom stereocenters. The summed E-state index contributed by atoms with van der Waals surface area (Å²) >= 11 is 0. The molecule has 0 aromatic heterocycles. The number of hydrogen-bond donors (Lipinski definition) is 0. The quantitative estimate of drug-likeness (QED) is 0.634. The fraction of sp³-hybridized carbons (Fsp3) is 0.929. The van der Waals surface area contributed by atoms with Gasteiger partial charge in [-0.1, -0.05) is 0 Å². The maximum Gasteiger partial charge on any atom is 0.409 e. The lowest BCUT2D eigenvalue weighted by Gasteiger charge is -2.34. The number of amides is 1. The third-order valence-electron chi connectivity index (χ3n) is 3.28. The zero-order chi connectivity index (χ0) is 14.8. The molecule has 6 nitrogen and oxygen atoms in total. The van der Waals surface area contributed by atoms with Crippen molar-refractivity contribution in [2.45, 2.75) is 33.5 Å². The Hall–Kier alpha value is -0.850. The van der Waals surface area contributed by atoms with Crippen molar-refractivity contribution in [2.24, 2.45) is 0 Å². The molecule has 0 unspecified atom stereocenters. The largest absolute Gasteiger partial charge is 0.450 e. The fourth-order valence-corrected chi connectivity index (χ4v) is 2.24. The first kappa shape index (κ1) is 17.2. The van der Waals surface area contributed by atoms with E-state index in [-0.39, 0.29) is 12.4 Å². The molecule has 1 rings (SSSR count). The second-order valence-electron chi connectivity index (χ2n) is 4.66. The first-order valence-corrected chi connectivity index (χ1v) is 7.58. The molecule has 0 bridgehead atoms. The number of ether oxygens (including phenoxy) is 3. The Bertz CT molecular complexity index is 262. The van der Waals surface area contributed by atoms with E-state index < -0.39 is 0 Å². The van der Waals surface area contributed by atoms with Crippen LogP contribution in [0.25, 0.3) is 0 Å². The SMILES string of the molecule is CCOC(=O)N1CCN(CCC(OCC)OCC)CC1. The van der Waals surface area contributed by atoms with Crippen LogP contribution in [0, 0.1) is 0 Å². The van der Waals surface area contributed by atoms with Crippen LogP contribution in [0.15, 0.2) is 0 Å². The maximum atomic E-state index is 11.6. The first-order chi connectivity index (χ1) is 9.71. The highest BCUT2D eigenvalue weighted by Gasteiger charge is 2.22. The highest BCUT2D eigenvalue weighted by molar-refractivity contribution is 5.67. The van der Waals surface area contributed by atoms with Gasteiger partial charge in [-0.15, -0.1) is 0 Å². The molecular formula is C14H28N2O4. The van der Waals surface area contributed by atoms with E-state index >= 15 is 0 Å². The molecule has 0 spiro atoms. The molecule has 20 heavy (non-hydrogen) atoms. The average molecular weight is 288 g/mol. The summed E-state index contributed by atoms with van der Waals surface area (Å²) in [6.45, 7) is 11.7.